The Labute approximate surface area is 188 Å². The molecule has 0 bridgehead atoms. The molecule has 1 aromatic heterocycles. The van der Waals surface area contributed by atoms with Crippen LogP contribution in [0, 0.1) is 11.3 Å². The van der Waals surface area contributed by atoms with E-state index in [1.807, 2.05) is 48.5 Å². The van der Waals surface area contributed by atoms with Gasteiger partial charge in [0, 0.05) is 18.0 Å². The third-order valence-corrected chi connectivity index (χ3v) is 6.22. The van der Waals surface area contributed by atoms with Gasteiger partial charge in [-0.15, -0.1) is 0 Å². The number of carbonyl (C=O) groups is 2. The monoisotopic (exact) mass is 428 g/mol. The molecule has 0 spiro atoms. The molecule has 164 valence electrons. The van der Waals surface area contributed by atoms with Crippen LogP contribution in [0.1, 0.15) is 61.3 Å². The lowest BCUT2D eigenvalue weighted by molar-refractivity contribution is -0.114. The summed E-state index contributed by atoms with van der Waals surface area (Å²) in [5.41, 5.74) is 5.47. The molecule has 0 fully saturated rings. The first-order valence-corrected chi connectivity index (χ1v) is 10.9. The van der Waals surface area contributed by atoms with E-state index in [1.165, 1.54) is 6.92 Å². The van der Waals surface area contributed by atoms with Crippen molar-refractivity contribution in [1.29, 1.82) is 0 Å². The minimum absolute atomic E-state index is 0.0213. The molecule has 0 aliphatic heterocycles. The van der Waals surface area contributed by atoms with Crippen molar-refractivity contribution < 1.29 is 14.7 Å². The summed E-state index contributed by atoms with van der Waals surface area (Å²) >= 11 is 0. The van der Waals surface area contributed by atoms with Crippen molar-refractivity contribution in [2.24, 2.45) is 11.3 Å². The Morgan fingerprint density at radius 3 is 2.38 bits per heavy atom. The van der Waals surface area contributed by atoms with E-state index in [0.29, 0.717) is 28.8 Å². The first-order chi connectivity index (χ1) is 15.1. The molecular formula is C27H28N2O3. The highest BCUT2D eigenvalue weighted by molar-refractivity contribution is 6.06. The molecule has 2 N–H and O–H groups in total. The number of rotatable bonds is 3. The Bertz CT molecular complexity index is 1230. The lowest BCUT2D eigenvalue weighted by Gasteiger charge is -2.36. The summed E-state index contributed by atoms with van der Waals surface area (Å²) < 4.78 is 0. The molecule has 0 saturated heterocycles. The lowest BCUT2D eigenvalue weighted by atomic mass is 9.69. The summed E-state index contributed by atoms with van der Waals surface area (Å²) in [5, 5.41) is 13.6. The van der Waals surface area contributed by atoms with Gasteiger partial charge in [-0.1, -0.05) is 51.1 Å². The highest BCUT2D eigenvalue weighted by Crippen LogP contribution is 2.44. The van der Waals surface area contributed by atoms with Crippen molar-refractivity contribution in [2.75, 3.05) is 5.32 Å². The van der Waals surface area contributed by atoms with Crippen molar-refractivity contribution in [1.82, 2.24) is 4.98 Å². The van der Waals surface area contributed by atoms with Crippen LogP contribution < -0.4 is 5.32 Å². The number of carboxylic acids is 1. The number of hydrogen-bond donors (Lipinski definition) is 2. The molecule has 2 aromatic carbocycles. The van der Waals surface area contributed by atoms with Gasteiger partial charge in [0.1, 0.15) is 0 Å². The Kier molecular flexibility index (Phi) is 5.59. The normalized spacial score (nSPS) is 17.2. The van der Waals surface area contributed by atoms with Gasteiger partial charge in [-0.2, -0.15) is 0 Å². The zero-order valence-electron chi connectivity index (χ0n) is 18.9. The number of benzene rings is 2. The number of amides is 1. The van der Waals surface area contributed by atoms with Crippen LogP contribution in [0.25, 0.3) is 22.6 Å². The standard InChI is InChI=1S/C27H28N2O3/c1-16(30)28-20-11-9-17(10-12-20)13-18-14-19(27(2,3)4)15-22-24(26(31)32)21-7-5-6-8-23(21)29-25(18)22/h5-13,19H,14-15H2,1-4H3,(H,28,30)(H,31,32). The molecule has 1 amide bonds. The third kappa shape index (κ3) is 4.28. The van der Waals surface area contributed by atoms with E-state index in [0.717, 1.165) is 34.5 Å². The predicted octanol–water partition coefficient (Wildman–Crippen LogP) is 6.04. The van der Waals surface area contributed by atoms with Crippen molar-refractivity contribution >= 4 is 40.1 Å². The van der Waals surface area contributed by atoms with Crippen LogP contribution in [-0.2, 0) is 11.2 Å². The number of hydrogen-bond acceptors (Lipinski definition) is 3. The Morgan fingerprint density at radius 2 is 1.75 bits per heavy atom. The molecular weight excluding hydrogens is 400 g/mol. The van der Waals surface area contributed by atoms with E-state index in [1.54, 1.807) is 0 Å². The number of carbonyl (C=O) groups excluding carboxylic acids is 1. The number of nitrogens with one attached hydrogen (secondary N) is 1. The maximum Gasteiger partial charge on any atom is 0.336 e. The zero-order chi connectivity index (χ0) is 23.0. The van der Waals surface area contributed by atoms with Crippen LogP contribution in [0.2, 0.25) is 0 Å². The van der Waals surface area contributed by atoms with Gasteiger partial charge in [-0.25, -0.2) is 9.78 Å². The van der Waals surface area contributed by atoms with Gasteiger partial charge < -0.3 is 10.4 Å². The Hall–Kier alpha value is -3.47. The number of pyridine rings is 1. The summed E-state index contributed by atoms with van der Waals surface area (Å²) in [6.07, 6.45) is 3.62. The van der Waals surface area contributed by atoms with E-state index in [4.69, 9.17) is 4.98 Å². The molecule has 1 aliphatic carbocycles. The molecule has 0 radical (unpaired) electrons. The van der Waals surface area contributed by atoms with Gasteiger partial charge in [-0.05, 0) is 65.1 Å². The first-order valence-electron chi connectivity index (χ1n) is 10.9. The fraction of sp³-hybridized carbons (Fsp3) is 0.296. The number of para-hydroxylation sites is 1. The van der Waals surface area contributed by atoms with Gasteiger partial charge in [0.25, 0.3) is 0 Å². The van der Waals surface area contributed by atoms with Crippen molar-refractivity contribution in [3.8, 4) is 0 Å². The minimum Gasteiger partial charge on any atom is -0.478 e. The van der Waals surface area contributed by atoms with E-state index < -0.39 is 5.97 Å². The average Bonchev–Trinajstić information content (AvgIpc) is 2.72. The lowest BCUT2D eigenvalue weighted by Crippen LogP contribution is -2.28. The highest BCUT2D eigenvalue weighted by atomic mass is 16.4. The highest BCUT2D eigenvalue weighted by Gasteiger charge is 2.35. The van der Waals surface area contributed by atoms with Crippen molar-refractivity contribution in [3.63, 3.8) is 0 Å². The maximum absolute atomic E-state index is 12.4. The van der Waals surface area contributed by atoms with Gasteiger partial charge in [-0.3, -0.25) is 4.79 Å². The number of allylic oxidation sites excluding steroid dienone is 1. The molecule has 1 heterocycles. The summed E-state index contributed by atoms with van der Waals surface area (Å²) in [6, 6.07) is 15.1. The largest absolute Gasteiger partial charge is 0.478 e. The molecule has 1 aliphatic rings. The summed E-state index contributed by atoms with van der Waals surface area (Å²) in [7, 11) is 0. The Balaban J connectivity index is 1.89. The van der Waals surface area contributed by atoms with E-state index in [9.17, 15) is 14.7 Å². The van der Waals surface area contributed by atoms with Crippen LogP contribution in [0.5, 0.6) is 0 Å². The van der Waals surface area contributed by atoms with Crippen LogP contribution >= 0.6 is 0 Å². The van der Waals surface area contributed by atoms with Crippen LogP contribution in [0.3, 0.4) is 0 Å². The van der Waals surface area contributed by atoms with Gasteiger partial charge in [0.05, 0.1) is 16.8 Å². The van der Waals surface area contributed by atoms with Crippen molar-refractivity contribution in [3.05, 3.63) is 70.9 Å². The molecule has 5 nitrogen and oxygen atoms in total. The number of aromatic carboxylic acids is 1. The minimum atomic E-state index is -0.909. The number of fused-ring (bicyclic) bond motifs is 2. The molecule has 4 rings (SSSR count). The maximum atomic E-state index is 12.4. The fourth-order valence-electron chi connectivity index (χ4n) is 4.45. The Morgan fingerprint density at radius 1 is 1.06 bits per heavy atom. The van der Waals surface area contributed by atoms with E-state index >= 15 is 0 Å². The van der Waals surface area contributed by atoms with E-state index in [-0.39, 0.29) is 11.3 Å². The summed E-state index contributed by atoms with van der Waals surface area (Å²) in [4.78, 5) is 28.6. The summed E-state index contributed by atoms with van der Waals surface area (Å²) in [5.74, 6) is -0.725. The first kappa shape index (κ1) is 21.8. The van der Waals surface area contributed by atoms with Crippen molar-refractivity contribution in [2.45, 2.75) is 40.5 Å². The fourth-order valence-corrected chi connectivity index (χ4v) is 4.45. The smallest absolute Gasteiger partial charge is 0.336 e. The topological polar surface area (TPSA) is 79.3 Å². The van der Waals surface area contributed by atoms with Crippen LogP contribution in [-0.4, -0.2) is 22.0 Å². The van der Waals surface area contributed by atoms with E-state index in [2.05, 4.69) is 32.2 Å². The molecule has 3 aromatic rings. The van der Waals surface area contributed by atoms with Crippen LogP contribution in [0.4, 0.5) is 5.69 Å². The molecule has 1 unspecified atom stereocenters. The number of nitrogens with zero attached hydrogens (tertiary/aromatic N) is 1. The van der Waals surface area contributed by atoms with Gasteiger partial charge >= 0.3 is 5.97 Å². The van der Waals surface area contributed by atoms with Gasteiger partial charge in [0.2, 0.25) is 5.91 Å². The second-order valence-electron chi connectivity index (χ2n) is 9.58. The average molecular weight is 429 g/mol. The summed E-state index contributed by atoms with van der Waals surface area (Å²) in [6.45, 7) is 8.10. The van der Waals surface area contributed by atoms with Crippen LogP contribution in [0.15, 0.2) is 48.5 Å². The molecule has 0 saturated carbocycles. The molecule has 5 heteroatoms. The third-order valence-electron chi connectivity index (χ3n) is 6.22. The zero-order valence-corrected chi connectivity index (χ0v) is 18.9. The predicted molar refractivity (Wildman–Crippen MR) is 129 cm³/mol. The number of aromatic nitrogens is 1. The quantitative estimate of drug-likeness (QED) is 0.533. The number of carboxylic acid groups (broad SMARTS) is 1. The molecule has 1 atom stereocenters. The number of anilines is 1. The molecule has 32 heavy (non-hydrogen) atoms. The second kappa shape index (κ2) is 8.23. The SMILES string of the molecule is CC(=O)Nc1ccc(C=C2CC(C(C)(C)C)Cc3c2nc2ccccc2c3C(=O)O)cc1. The van der Waals surface area contributed by atoms with Gasteiger partial charge in [0.15, 0.2) is 0 Å². The second-order valence-corrected chi connectivity index (χ2v) is 9.58.